The second-order valence-corrected chi connectivity index (χ2v) is 8.22. The van der Waals surface area contributed by atoms with Crippen LogP contribution >= 0.6 is 0 Å². The average Bonchev–Trinajstić information content (AvgIpc) is 2.96. The second kappa shape index (κ2) is 6.57. The van der Waals surface area contributed by atoms with Crippen LogP contribution in [0, 0.1) is 13.8 Å². The van der Waals surface area contributed by atoms with Gasteiger partial charge in [0.05, 0.1) is 11.5 Å². The van der Waals surface area contributed by atoms with Crippen molar-refractivity contribution >= 4 is 10.0 Å². The molecule has 1 aliphatic heterocycles. The fraction of sp³-hybridized carbons (Fsp3) is 0.368. The van der Waals surface area contributed by atoms with Crippen molar-refractivity contribution in [3.63, 3.8) is 0 Å². The van der Waals surface area contributed by atoms with Crippen molar-refractivity contribution in [2.24, 2.45) is 0 Å². The fourth-order valence-corrected chi connectivity index (χ4v) is 4.66. The van der Waals surface area contributed by atoms with Crippen molar-refractivity contribution < 1.29 is 13.2 Å². The van der Waals surface area contributed by atoms with E-state index in [0.29, 0.717) is 11.3 Å². The molecule has 128 valence electrons. The summed E-state index contributed by atoms with van der Waals surface area (Å²) in [6.45, 7) is 6.34. The number of hydrogen-bond donors (Lipinski definition) is 1. The SMILES string of the molecule is Cc1ccc(C)c(S(=O)(=O)N[C@@H](C)Cc2ccc3c(c2)CCO3)c1. The molecule has 0 amide bonds. The van der Waals surface area contributed by atoms with E-state index in [1.54, 1.807) is 6.07 Å². The van der Waals surface area contributed by atoms with Gasteiger partial charge < -0.3 is 4.74 Å². The smallest absolute Gasteiger partial charge is 0.241 e. The molecule has 0 bridgehead atoms. The number of hydrogen-bond acceptors (Lipinski definition) is 3. The minimum Gasteiger partial charge on any atom is -0.493 e. The van der Waals surface area contributed by atoms with Gasteiger partial charge in [-0.05, 0) is 61.6 Å². The fourth-order valence-electron chi connectivity index (χ4n) is 3.09. The first kappa shape index (κ1) is 17.0. The van der Waals surface area contributed by atoms with E-state index in [-0.39, 0.29) is 6.04 Å². The van der Waals surface area contributed by atoms with Crippen LogP contribution in [0.5, 0.6) is 5.75 Å². The molecule has 3 rings (SSSR count). The molecule has 0 radical (unpaired) electrons. The second-order valence-electron chi connectivity index (χ2n) is 6.54. The maximum Gasteiger partial charge on any atom is 0.241 e. The lowest BCUT2D eigenvalue weighted by Gasteiger charge is -2.16. The molecule has 0 saturated heterocycles. The van der Waals surface area contributed by atoms with Crippen LogP contribution in [0.15, 0.2) is 41.3 Å². The van der Waals surface area contributed by atoms with E-state index in [4.69, 9.17) is 4.74 Å². The highest BCUT2D eigenvalue weighted by Gasteiger charge is 2.20. The van der Waals surface area contributed by atoms with Gasteiger partial charge >= 0.3 is 0 Å². The first-order valence-electron chi connectivity index (χ1n) is 8.19. The number of ether oxygens (including phenoxy) is 1. The van der Waals surface area contributed by atoms with Gasteiger partial charge in [-0.25, -0.2) is 13.1 Å². The van der Waals surface area contributed by atoms with Crippen molar-refractivity contribution in [1.82, 2.24) is 4.72 Å². The van der Waals surface area contributed by atoms with E-state index in [1.807, 2.05) is 45.0 Å². The average molecular weight is 345 g/mol. The third-order valence-corrected chi connectivity index (χ3v) is 6.02. The van der Waals surface area contributed by atoms with Gasteiger partial charge in [-0.2, -0.15) is 0 Å². The summed E-state index contributed by atoms with van der Waals surface area (Å²) >= 11 is 0. The molecule has 2 aromatic rings. The largest absolute Gasteiger partial charge is 0.493 e. The summed E-state index contributed by atoms with van der Waals surface area (Å²) in [4.78, 5) is 0.358. The number of aryl methyl sites for hydroxylation is 2. The van der Waals surface area contributed by atoms with E-state index in [1.165, 1.54) is 5.56 Å². The molecule has 24 heavy (non-hydrogen) atoms. The molecule has 2 aromatic carbocycles. The van der Waals surface area contributed by atoms with Gasteiger partial charge in [0.2, 0.25) is 10.0 Å². The van der Waals surface area contributed by atoms with Crippen molar-refractivity contribution in [1.29, 1.82) is 0 Å². The number of fused-ring (bicyclic) bond motifs is 1. The molecule has 4 nitrogen and oxygen atoms in total. The van der Waals surface area contributed by atoms with Gasteiger partial charge in [-0.1, -0.05) is 24.3 Å². The van der Waals surface area contributed by atoms with Crippen molar-refractivity contribution in [3.8, 4) is 5.75 Å². The van der Waals surface area contributed by atoms with Crippen LogP contribution in [0.1, 0.15) is 29.2 Å². The molecule has 0 unspecified atom stereocenters. The Morgan fingerprint density at radius 2 is 1.96 bits per heavy atom. The normalized spacial score (nSPS) is 15.0. The molecule has 0 aliphatic carbocycles. The van der Waals surface area contributed by atoms with Gasteiger partial charge in [0.1, 0.15) is 5.75 Å². The standard InChI is InChI=1S/C19H23NO3S/c1-13-4-5-14(2)19(10-13)24(21,22)20-15(3)11-16-6-7-18-17(12-16)8-9-23-18/h4-7,10,12,15,20H,8-9,11H2,1-3H3/t15-/m0/s1. The van der Waals surface area contributed by atoms with Gasteiger partial charge in [0.25, 0.3) is 0 Å². The molecule has 1 atom stereocenters. The molecule has 0 aromatic heterocycles. The van der Waals surface area contributed by atoms with Crippen LogP contribution in [-0.2, 0) is 22.9 Å². The summed E-state index contributed by atoms with van der Waals surface area (Å²) in [5.41, 5.74) is 4.02. The first-order valence-corrected chi connectivity index (χ1v) is 9.67. The maximum atomic E-state index is 12.7. The third kappa shape index (κ3) is 3.62. The van der Waals surface area contributed by atoms with Gasteiger partial charge in [0.15, 0.2) is 0 Å². The summed E-state index contributed by atoms with van der Waals surface area (Å²) in [5.74, 6) is 0.947. The lowest BCUT2D eigenvalue weighted by molar-refractivity contribution is 0.357. The Labute approximate surface area is 143 Å². The van der Waals surface area contributed by atoms with E-state index in [9.17, 15) is 8.42 Å². The van der Waals surface area contributed by atoms with E-state index < -0.39 is 10.0 Å². The molecular formula is C19H23NO3S. The van der Waals surface area contributed by atoms with Crippen LogP contribution in [-0.4, -0.2) is 21.1 Å². The zero-order valence-electron chi connectivity index (χ0n) is 14.3. The van der Waals surface area contributed by atoms with Crippen LogP contribution in [0.4, 0.5) is 0 Å². The minimum absolute atomic E-state index is 0.185. The molecule has 0 spiro atoms. The third-order valence-electron chi connectivity index (χ3n) is 4.29. The van der Waals surface area contributed by atoms with Gasteiger partial charge in [0, 0.05) is 12.5 Å². The summed E-state index contributed by atoms with van der Waals surface area (Å²) in [6.07, 6.45) is 1.57. The lowest BCUT2D eigenvalue weighted by Crippen LogP contribution is -2.34. The zero-order valence-corrected chi connectivity index (χ0v) is 15.1. The van der Waals surface area contributed by atoms with Crippen LogP contribution in [0.2, 0.25) is 0 Å². The topological polar surface area (TPSA) is 55.4 Å². The van der Waals surface area contributed by atoms with Gasteiger partial charge in [-0.3, -0.25) is 0 Å². The molecule has 1 heterocycles. The van der Waals surface area contributed by atoms with E-state index in [2.05, 4.69) is 10.8 Å². The molecule has 5 heteroatoms. The highest BCUT2D eigenvalue weighted by Crippen LogP contribution is 2.26. The van der Waals surface area contributed by atoms with Gasteiger partial charge in [-0.15, -0.1) is 0 Å². The molecule has 1 aliphatic rings. The van der Waals surface area contributed by atoms with E-state index in [0.717, 1.165) is 35.5 Å². The number of benzene rings is 2. The van der Waals surface area contributed by atoms with Crippen LogP contribution < -0.4 is 9.46 Å². The monoisotopic (exact) mass is 345 g/mol. The summed E-state index contributed by atoms with van der Waals surface area (Å²) in [5, 5.41) is 0. The van der Waals surface area contributed by atoms with E-state index >= 15 is 0 Å². The Hall–Kier alpha value is -1.85. The number of nitrogens with one attached hydrogen (secondary N) is 1. The van der Waals surface area contributed by atoms with Crippen LogP contribution in [0.3, 0.4) is 0 Å². The number of rotatable bonds is 5. The first-order chi connectivity index (χ1) is 11.3. The predicted octanol–water partition coefficient (Wildman–Crippen LogP) is 3.15. The van der Waals surface area contributed by atoms with Crippen molar-refractivity contribution in [2.45, 2.75) is 44.6 Å². The quantitative estimate of drug-likeness (QED) is 0.906. The highest BCUT2D eigenvalue weighted by molar-refractivity contribution is 7.89. The highest BCUT2D eigenvalue weighted by atomic mass is 32.2. The Morgan fingerprint density at radius 3 is 2.75 bits per heavy atom. The maximum absolute atomic E-state index is 12.7. The predicted molar refractivity (Wildman–Crippen MR) is 95.0 cm³/mol. The molecule has 0 saturated carbocycles. The minimum atomic E-state index is -3.52. The molecular weight excluding hydrogens is 322 g/mol. The van der Waals surface area contributed by atoms with Crippen molar-refractivity contribution in [2.75, 3.05) is 6.61 Å². The summed E-state index contributed by atoms with van der Waals surface area (Å²) in [6, 6.07) is 11.4. The Kier molecular flexibility index (Phi) is 4.65. The molecule has 1 N–H and O–H groups in total. The Balaban J connectivity index is 1.74. The Morgan fingerprint density at radius 1 is 1.17 bits per heavy atom. The number of sulfonamides is 1. The van der Waals surface area contributed by atoms with Crippen LogP contribution in [0.25, 0.3) is 0 Å². The zero-order chi connectivity index (χ0) is 17.3. The lowest BCUT2D eigenvalue weighted by atomic mass is 10.0. The summed E-state index contributed by atoms with van der Waals surface area (Å²) < 4.78 is 33.6. The van der Waals surface area contributed by atoms with Crippen molar-refractivity contribution in [3.05, 3.63) is 58.7 Å². The summed E-state index contributed by atoms with van der Waals surface area (Å²) in [7, 11) is -3.52. The molecule has 0 fully saturated rings. The Bertz CT molecular complexity index is 859.